The molecule has 3 heterocycles. The van der Waals surface area contributed by atoms with E-state index in [1.165, 1.54) is 44.0 Å². The molecular weight excluding hydrogens is 957 g/mol. The summed E-state index contributed by atoms with van der Waals surface area (Å²) in [6.45, 7) is 11.6. The van der Waals surface area contributed by atoms with Crippen LogP contribution in [-0.2, 0) is 35.1 Å². The molecule has 1 aromatic carbocycles. The lowest BCUT2D eigenvalue weighted by Gasteiger charge is -2.39. The Kier molecular flexibility index (Phi) is 24.7. The van der Waals surface area contributed by atoms with E-state index < -0.39 is 59.9 Å². The van der Waals surface area contributed by atoms with Gasteiger partial charge in [-0.2, -0.15) is 0 Å². The fourth-order valence-electron chi connectivity index (χ4n) is 7.91. The van der Waals surface area contributed by atoms with Gasteiger partial charge in [-0.1, -0.05) is 89.8 Å². The van der Waals surface area contributed by atoms with E-state index in [-0.39, 0.29) is 79.3 Å². The minimum absolute atomic E-state index is 0.0163. The summed E-state index contributed by atoms with van der Waals surface area (Å²) >= 11 is 1.07. The number of pyridine rings is 1. The lowest BCUT2D eigenvalue weighted by Crippen LogP contribution is -2.58. The first-order valence-electron chi connectivity index (χ1n) is 24.1. The van der Waals surface area contributed by atoms with E-state index in [0.29, 0.717) is 25.0 Å². The van der Waals surface area contributed by atoms with Crippen molar-refractivity contribution in [3.8, 4) is 5.75 Å². The van der Waals surface area contributed by atoms with E-state index in [1.54, 1.807) is 25.3 Å². The molecule has 1 aliphatic heterocycles. The van der Waals surface area contributed by atoms with Crippen molar-refractivity contribution in [1.29, 1.82) is 0 Å². The molecule has 386 valence electrons. The predicted octanol–water partition coefficient (Wildman–Crippen LogP) is 6.79. The highest BCUT2D eigenvalue weighted by molar-refractivity contribution is 8.76. The molecule has 4 rings (SSSR count). The Balaban J connectivity index is 1.44. The minimum Gasteiger partial charge on any atom is -0.508 e. The number of nitrogens with zero attached hydrogens (tertiary/aromatic N) is 4. The number of likely N-dealkylation sites (tertiary alicyclic amines) is 1. The number of likely N-dealkylation sites (N-methyl/N-ethyl adjacent to an activating group) is 1. The van der Waals surface area contributed by atoms with E-state index >= 15 is 0 Å². The van der Waals surface area contributed by atoms with Crippen LogP contribution in [0, 0.1) is 17.8 Å². The lowest BCUT2D eigenvalue weighted by molar-refractivity contribution is -0.159. The molecule has 5 amide bonds. The van der Waals surface area contributed by atoms with Crippen molar-refractivity contribution in [3.63, 3.8) is 0 Å². The number of carbonyl (C=O) groups is 6. The Hall–Kier alpha value is -4.96. The van der Waals surface area contributed by atoms with Gasteiger partial charge in [0.2, 0.25) is 17.7 Å². The van der Waals surface area contributed by atoms with Crippen molar-refractivity contribution < 1.29 is 48.5 Å². The summed E-state index contributed by atoms with van der Waals surface area (Å²) in [4.78, 5) is 92.9. The average Bonchev–Trinajstić information content (AvgIpc) is 3.75. The third kappa shape index (κ3) is 19.0. The summed E-state index contributed by atoms with van der Waals surface area (Å²) in [5.41, 5.74) is 5.45. The fraction of sp³-hybridized carbons (Fsp3) is 0.592. The van der Waals surface area contributed by atoms with Crippen LogP contribution in [0.15, 0.2) is 59.1 Å². The molecule has 3 aromatic rings. The van der Waals surface area contributed by atoms with Crippen LogP contribution in [0.5, 0.6) is 5.75 Å². The first kappa shape index (κ1) is 57.6. The monoisotopic (exact) mass is 1030 g/mol. The maximum atomic E-state index is 14.8. The van der Waals surface area contributed by atoms with Gasteiger partial charge in [0.15, 0.2) is 6.73 Å². The van der Waals surface area contributed by atoms with Crippen molar-refractivity contribution in [3.05, 3.63) is 70.3 Å². The zero-order valence-corrected chi connectivity index (χ0v) is 43.8. The quantitative estimate of drug-likeness (QED) is 0.0159. The third-order valence-electron chi connectivity index (χ3n) is 12.2. The smallest absolute Gasteiger partial charge is 0.426 e. The number of aliphatic hydroxyl groups excluding tert-OH is 1. The first-order chi connectivity index (χ1) is 33.5. The highest BCUT2D eigenvalue weighted by Gasteiger charge is 2.38. The molecule has 0 aliphatic carbocycles. The number of nitrogens with one attached hydrogen (secondary N) is 4. The fourth-order valence-corrected chi connectivity index (χ4v) is 10.4. The summed E-state index contributed by atoms with van der Waals surface area (Å²) in [6, 6.07) is 9.44. The molecule has 0 radical (unpaired) electrons. The Morgan fingerprint density at radius 2 is 1.71 bits per heavy atom. The summed E-state index contributed by atoms with van der Waals surface area (Å²) in [6.07, 6.45) is 4.94. The molecule has 1 unspecified atom stereocenters. The maximum absolute atomic E-state index is 14.8. The number of hydrogen-bond donors (Lipinski definition) is 6. The second kappa shape index (κ2) is 30.0. The Labute approximate surface area is 424 Å². The second-order valence-corrected chi connectivity index (χ2v) is 21.4. The van der Waals surface area contributed by atoms with Gasteiger partial charge in [0.25, 0.3) is 5.91 Å². The molecule has 0 bridgehead atoms. The van der Waals surface area contributed by atoms with E-state index in [0.717, 1.165) is 47.7 Å². The standard InChI is InChI=1S/C49H72N8O10S3/c1-8-15-42(60)67-30-57(48(64)43(32(5)9-2)53-46(63)38-16-11-10-14-23-56(38)7)39(31(3)4)28-40(59)47-52-37(29-68-47)45(62)51-35(27-34-18-20-36(58)21-19-34)26-33(6)44(61)54-55-49(65)66-24-25-69-70-41-17-12-13-22-50-41/h12-13,17-22,29,31-33,35,38-40,43,58-59H,8-11,14-16,23-28,30H2,1-7H3,(H,51,62)(H,53,63)(H,54,61)(H,55,65)/t32?,33-,35+,38+,39+,40+,43-/m0/s1. The summed E-state index contributed by atoms with van der Waals surface area (Å²) in [5.74, 6) is -2.85. The van der Waals surface area contributed by atoms with Crippen molar-refractivity contribution in [2.75, 3.05) is 32.7 Å². The van der Waals surface area contributed by atoms with Crippen LogP contribution < -0.4 is 21.5 Å². The molecule has 7 atom stereocenters. The number of phenols is 1. The van der Waals surface area contributed by atoms with Gasteiger partial charge in [0.1, 0.15) is 40.2 Å². The number of aromatic hydroxyl groups is 1. The molecule has 6 N–H and O–H groups in total. The molecule has 0 saturated carbocycles. The van der Waals surface area contributed by atoms with Crippen LogP contribution in [0.2, 0.25) is 0 Å². The van der Waals surface area contributed by atoms with Gasteiger partial charge in [-0.05, 0) is 98.2 Å². The van der Waals surface area contributed by atoms with Gasteiger partial charge in [-0.25, -0.2) is 20.2 Å². The SMILES string of the molecule is CCCC(=O)OCN(C(=O)[C@@H](NC(=O)[C@H]1CCCCCN1C)C(C)CC)[C@H](C[C@@H](O)c1nc(C(=O)N[C@@H](Cc2ccc(O)cc2)C[C@H](C)C(=O)NNC(=O)OCCSSc2ccccn2)cs1)C(C)C. The van der Waals surface area contributed by atoms with E-state index in [9.17, 15) is 39.0 Å². The minimum atomic E-state index is -1.24. The zero-order chi connectivity index (χ0) is 51.2. The molecule has 21 heteroatoms. The molecule has 70 heavy (non-hydrogen) atoms. The lowest BCUT2D eigenvalue weighted by atomic mass is 9.92. The molecule has 0 spiro atoms. The molecule has 1 aliphatic rings. The highest BCUT2D eigenvalue weighted by Crippen LogP contribution is 2.30. The summed E-state index contributed by atoms with van der Waals surface area (Å²) in [5, 5.41) is 30.3. The van der Waals surface area contributed by atoms with Crippen LogP contribution in [0.4, 0.5) is 4.79 Å². The Morgan fingerprint density at radius 3 is 2.40 bits per heavy atom. The molecule has 1 saturated heterocycles. The third-order valence-corrected chi connectivity index (χ3v) is 15.4. The van der Waals surface area contributed by atoms with E-state index in [1.807, 2.05) is 64.8 Å². The summed E-state index contributed by atoms with van der Waals surface area (Å²) in [7, 11) is 4.84. The van der Waals surface area contributed by atoms with Crippen molar-refractivity contribution in [1.82, 2.24) is 41.3 Å². The number of rotatable bonds is 26. The number of aromatic nitrogens is 2. The van der Waals surface area contributed by atoms with E-state index in [4.69, 9.17) is 9.47 Å². The van der Waals surface area contributed by atoms with Crippen LogP contribution in [0.3, 0.4) is 0 Å². The first-order valence-corrected chi connectivity index (χ1v) is 27.3. The Bertz CT molecular complexity index is 2120. The van der Waals surface area contributed by atoms with Crippen LogP contribution >= 0.6 is 32.9 Å². The number of benzene rings is 1. The molecule has 1 fully saturated rings. The van der Waals surface area contributed by atoms with Gasteiger partial charge < -0.3 is 35.2 Å². The number of hydrazine groups is 1. The number of carbonyl (C=O) groups excluding carboxylic acids is 6. The number of phenolic OH excluding ortho intramolecular Hbond substituents is 1. The number of aliphatic hydroxyl groups is 1. The number of ether oxygens (including phenoxy) is 2. The molecule has 18 nitrogen and oxygen atoms in total. The van der Waals surface area contributed by atoms with Crippen LogP contribution in [0.1, 0.15) is 126 Å². The zero-order valence-electron chi connectivity index (χ0n) is 41.4. The maximum Gasteiger partial charge on any atom is 0.426 e. The number of hydrogen-bond acceptors (Lipinski definition) is 16. The number of thiazole rings is 1. The average molecular weight is 1030 g/mol. The second-order valence-electron chi connectivity index (χ2n) is 18.1. The normalized spacial score (nSPS) is 16.6. The van der Waals surface area contributed by atoms with Gasteiger partial charge in [0, 0.05) is 48.2 Å². The van der Waals surface area contributed by atoms with E-state index in [2.05, 4.69) is 31.5 Å². The van der Waals surface area contributed by atoms with Crippen molar-refractivity contribution >= 4 is 68.6 Å². The van der Waals surface area contributed by atoms with Crippen molar-refractivity contribution in [2.24, 2.45) is 17.8 Å². The van der Waals surface area contributed by atoms with Gasteiger partial charge in [-0.3, -0.25) is 34.3 Å². The van der Waals surface area contributed by atoms with Gasteiger partial charge in [-0.15, -0.1) is 11.3 Å². The number of esters is 1. The molecule has 2 aromatic heterocycles. The highest BCUT2D eigenvalue weighted by atomic mass is 33.1. The molecular formula is C49H72N8O10S3. The summed E-state index contributed by atoms with van der Waals surface area (Å²) < 4.78 is 10.8. The largest absolute Gasteiger partial charge is 0.508 e. The van der Waals surface area contributed by atoms with Gasteiger partial charge in [0.05, 0.1) is 6.04 Å². The predicted molar refractivity (Wildman–Crippen MR) is 271 cm³/mol. The van der Waals surface area contributed by atoms with Crippen molar-refractivity contribution in [2.45, 2.75) is 141 Å². The number of amides is 5. The Morgan fingerprint density at radius 1 is 0.957 bits per heavy atom. The van der Waals surface area contributed by atoms with Crippen LogP contribution in [-0.4, -0.2) is 123 Å². The van der Waals surface area contributed by atoms with Crippen LogP contribution in [0.25, 0.3) is 0 Å². The van der Waals surface area contributed by atoms with Gasteiger partial charge >= 0.3 is 12.1 Å². The topological polar surface area (TPSA) is 242 Å².